The van der Waals surface area contributed by atoms with Crippen molar-refractivity contribution in [2.75, 3.05) is 0 Å². The third kappa shape index (κ3) is 4.96. The lowest BCUT2D eigenvalue weighted by Gasteiger charge is -2.11. The molecule has 0 saturated heterocycles. The van der Waals surface area contributed by atoms with Crippen molar-refractivity contribution < 1.29 is 27.4 Å². The van der Waals surface area contributed by atoms with E-state index < -0.39 is 18.3 Å². The number of hydrogen-bond acceptors (Lipinski definition) is 2. The fraction of sp³-hybridized carbons (Fsp3) is 0.294. The smallest absolute Gasteiger partial charge is 0.406 e. The van der Waals surface area contributed by atoms with E-state index in [0.29, 0.717) is 18.4 Å². The van der Waals surface area contributed by atoms with Crippen LogP contribution < -0.4 is 4.74 Å². The second kappa shape index (κ2) is 7.00. The number of alkyl halides is 3. The molecule has 124 valence electrons. The van der Waals surface area contributed by atoms with Gasteiger partial charge in [0.1, 0.15) is 11.6 Å². The minimum absolute atomic E-state index is 0.241. The van der Waals surface area contributed by atoms with Crippen LogP contribution in [-0.2, 0) is 6.42 Å². The SMILES string of the molecule is CCC(O)c1ccc(Cc2ccc(OC(F)(F)F)cc2)cc1F. The molecule has 0 saturated carbocycles. The highest BCUT2D eigenvalue weighted by Crippen LogP contribution is 2.25. The Morgan fingerprint density at radius 2 is 1.65 bits per heavy atom. The molecule has 1 unspecified atom stereocenters. The van der Waals surface area contributed by atoms with Gasteiger partial charge in [0.2, 0.25) is 0 Å². The van der Waals surface area contributed by atoms with Crippen LogP contribution in [0.25, 0.3) is 0 Å². The van der Waals surface area contributed by atoms with E-state index in [4.69, 9.17) is 0 Å². The average Bonchev–Trinajstić information content (AvgIpc) is 2.47. The van der Waals surface area contributed by atoms with Gasteiger partial charge < -0.3 is 9.84 Å². The average molecular weight is 328 g/mol. The van der Waals surface area contributed by atoms with Crippen molar-refractivity contribution >= 4 is 0 Å². The van der Waals surface area contributed by atoms with Crippen molar-refractivity contribution in [2.24, 2.45) is 0 Å². The van der Waals surface area contributed by atoms with Crippen molar-refractivity contribution in [3.05, 3.63) is 65.0 Å². The van der Waals surface area contributed by atoms with E-state index in [1.807, 2.05) is 0 Å². The van der Waals surface area contributed by atoms with Gasteiger partial charge in [0.15, 0.2) is 0 Å². The fourth-order valence-electron chi connectivity index (χ4n) is 2.22. The zero-order valence-corrected chi connectivity index (χ0v) is 12.4. The molecule has 6 heteroatoms. The highest BCUT2D eigenvalue weighted by atomic mass is 19.4. The Balaban J connectivity index is 2.09. The summed E-state index contributed by atoms with van der Waals surface area (Å²) in [5.41, 5.74) is 1.63. The number of ether oxygens (including phenoxy) is 1. The molecule has 0 aliphatic rings. The van der Waals surface area contributed by atoms with E-state index in [-0.39, 0.29) is 11.3 Å². The molecule has 2 nitrogen and oxygen atoms in total. The number of hydrogen-bond donors (Lipinski definition) is 1. The normalized spacial score (nSPS) is 13.0. The first-order valence-corrected chi connectivity index (χ1v) is 7.09. The Hall–Kier alpha value is -2.08. The molecule has 2 aromatic rings. The van der Waals surface area contributed by atoms with Gasteiger partial charge in [-0.3, -0.25) is 0 Å². The van der Waals surface area contributed by atoms with Gasteiger partial charge in [0, 0.05) is 5.56 Å². The predicted molar refractivity (Wildman–Crippen MR) is 77.6 cm³/mol. The second-order valence-electron chi connectivity index (χ2n) is 5.15. The Morgan fingerprint density at radius 3 is 2.17 bits per heavy atom. The molecule has 0 fully saturated rings. The van der Waals surface area contributed by atoms with Gasteiger partial charge >= 0.3 is 6.36 Å². The first kappa shape index (κ1) is 17.3. The van der Waals surface area contributed by atoms with Gasteiger partial charge in [0.25, 0.3) is 0 Å². The number of benzene rings is 2. The Kier molecular flexibility index (Phi) is 5.26. The summed E-state index contributed by atoms with van der Waals surface area (Å²) in [6.07, 6.45) is -4.79. The Labute approximate surface area is 131 Å². The lowest BCUT2D eigenvalue weighted by atomic mass is 10.0. The second-order valence-corrected chi connectivity index (χ2v) is 5.15. The monoisotopic (exact) mass is 328 g/mol. The molecule has 2 aromatic carbocycles. The summed E-state index contributed by atoms with van der Waals surface area (Å²) in [5, 5.41) is 9.67. The number of aliphatic hydroxyl groups excluding tert-OH is 1. The zero-order chi connectivity index (χ0) is 17.0. The number of aliphatic hydroxyl groups is 1. The van der Waals surface area contributed by atoms with Gasteiger partial charge in [-0.15, -0.1) is 13.2 Å². The molecule has 0 aliphatic carbocycles. The van der Waals surface area contributed by atoms with Gasteiger partial charge in [-0.25, -0.2) is 4.39 Å². The van der Waals surface area contributed by atoms with Gasteiger partial charge in [-0.2, -0.15) is 0 Å². The van der Waals surface area contributed by atoms with Crippen LogP contribution in [0.15, 0.2) is 42.5 Å². The molecule has 1 atom stereocenters. The molecule has 0 bridgehead atoms. The lowest BCUT2D eigenvalue weighted by Crippen LogP contribution is -2.17. The van der Waals surface area contributed by atoms with Crippen molar-refractivity contribution in [1.82, 2.24) is 0 Å². The molecular weight excluding hydrogens is 312 g/mol. The summed E-state index contributed by atoms with van der Waals surface area (Å²) >= 11 is 0. The summed E-state index contributed by atoms with van der Waals surface area (Å²) in [4.78, 5) is 0. The van der Waals surface area contributed by atoms with Gasteiger partial charge in [-0.05, 0) is 42.2 Å². The summed E-state index contributed by atoms with van der Waals surface area (Å²) < 4.78 is 54.0. The predicted octanol–water partition coefficient (Wildman–Crippen LogP) is 4.76. The lowest BCUT2D eigenvalue weighted by molar-refractivity contribution is -0.274. The molecule has 2 rings (SSSR count). The highest BCUT2D eigenvalue weighted by molar-refractivity contribution is 5.33. The van der Waals surface area contributed by atoms with Crippen LogP contribution in [0.3, 0.4) is 0 Å². The quantitative estimate of drug-likeness (QED) is 0.802. The van der Waals surface area contributed by atoms with Gasteiger partial charge in [-0.1, -0.05) is 31.2 Å². The van der Waals surface area contributed by atoms with E-state index in [0.717, 1.165) is 5.56 Å². The van der Waals surface area contributed by atoms with Crippen LogP contribution in [0.4, 0.5) is 17.6 Å². The standard InChI is InChI=1S/C17H16F4O2/c1-2-16(22)14-8-5-12(10-15(14)18)9-11-3-6-13(7-4-11)23-17(19,20)21/h3-8,10,16,22H,2,9H2,1H3. The maximum absolute atomic E-state index is 13.9. The van der Waals surface area contributed by atoms with Crippen LogP contribution in [0.2, 0.25) is 0 Å². The van der Waals surface area contributed by atoms with Crippen molar-refractivity contribution in [3.63, 3.8) is 0 Å². The Bertz CT molecular complexity index is 651. The third-order valence-corrected chi connectivity index (χ3v) is 3.38. The third-order valence-electron chi connectivity index (χ3n) is 3.38. The highest BCUT2D eigenvalue weighted by Gasteiger charge is 2.30. The molecule has 23 heavy (non-hydrogen) atoms. The van der Waals surface area contributed by atoms with E-state index in [1.54, 1.807) is 13.0 Å². The van der Waals surface area contributed by atoms with Crippen molar-refractivity contribution in [2.45, 2.75) is 32.2 Å². The summed E-state index contributed by atoms with van der Waals surface area (Å²) in [6.45, 7) is 1.75. The number of rotatable bonds is 5. The molecule has 0 radical (unpaired) electrons. The van der Waals surface area contributed by atoms with Gasteiger partial charge in [0.05, 0.1) is 6.10 Å². The first-order valence-electron chi connectivity index (χ1n) is 7.09. The fourth-order valence-corrected chi connectivity index (χ4v) is 2.22. The molecule has 0 aromatic heterocycles. The largest absolute Gasteiger partial charge is 0.573 e. The summed E-state index contributed by atoms with van der Waals surface area (Å²) in [6, 6.07) is 9.97. The van der Waals surface area contributed by atoms with Crippen LogP contribution in [0.5, 0.6) is 5.75 Å². The molecule has 1 N–H and O–H groups in total. The van der Waals surface area contributed by atoms with Crippen LogP contribution in [0.1, 0.15) is 36.1 Å². The zero-order valence-electron chi connectivity index (χ0n) is 12.4. The maximum Gasteiger partial charge on any atom is 0.573 e. The van der Waals surface area contributed by atoms with Crippen LogP contribution in [0, 0.1) is 5.82 Å². The number of halogens is 4. The molecule has 0 aliphatic heterocycles. The maximum atomic E-state index is 13.9. The van der Waals surface area contributed by atoms with Crippen molar-refractivity contribution in [3.8, 4) is 5.75 Å². The first-order chi connectivity index (χ1) is 10.8. The molecular formula is C17H16F4O2. The molecule has 0 amide bonds. The van der Waals surface area contributed by atoms with E-state index in [9.17, 15) is 22.7 Å². The Morgan fingerprint density at radius 1 is 1.04 bits per heavy atom. The van der Waals surface area contributed by atoms with Crippen molar-refractivity contribution in [1.29, 1.82) is 0 Å². The van der Waals surface area contributed by atoms with Crippen LogP contribution >= 0.6 is 0 Å². The van der Waals surface area contributed by atoms with E-state index >= 15 is 0 Å². The van der Waals surface area contributed by atoms with Crippen LogP contribution in [-0.4, -0.2) is 11.5 Å². The topological polar surface area (TPSA) is 29.5 Å². The minimum atomic E-state index is -4.72. The molecule has 0 spiro atoms. The molecule has 0 heterocycles. The van der Waals surface area contributed by atoms with E-state index in [1.165, 1.54) is 36.4 Å². The van der Waals surface area contributed by atoms with E-state index in [2.05, 4.69) is 4.74 Å². The summed E-state index contributed by atoms with van der Waals surface area (Å²) in [5.74, 6) is -0.789. The minimum Gasteiger partial charge on any atom is -0.406 e. The summed E-state index contributed by atoms with van der Waals surface area (Å²) in [7, 11) is 0.